The lowest BCUT2D eigenvalue weighted by molar-refractivity contribution is -0.166. The number of aliphatic hydroxyl groups is 2. The molecule has 0 aromatic rings. The van der Waals surface area contributed by atoms with Gasteiger partial charge >= 0.3 is 0 Å². The molecule has 0 unspecified atom stereocenters. The van der Waals surface area contributed by atoms with Crippen LogP contribution in [0.15, 0.2) is 0 Å². The fourth-order valence-electron chi connectivity index (χ4n) is 1.50. The van der Waals surface area contributed by atoms with E-state index in [1.54, 1.807) is 6.92 Å². The molecule has 5 heteroatoms. The summed E-state index contributed by atoms with van der Waals surface area (Å²) in [6.07, 6.45) is -3.39. The van der Waals surface area contributed by atoms with E-state index in [0.29, 0.717) is 0 Å². The van der Waals surface area contributed by atoms with Crippen LogP contribution in [0.25, 0.3) is 0 Å². The van der Waals surface area contributed by atoms with Gasteiger partial charge in [0.25, 0.3) is 0 Å². The van der Waals surface area contributed by atoms with E-state index in [-0.39, 0.29) is 0 Å². The van der Waals surface area contributed by atoms with E-state index in [4.69, 9.17) is 14.2 Å². The molecule has 5 nitrogen and oxygen atoms in total. The maximum Gasteiger partial charge on any atom is 0.186 e. The Bertz CT molecular complexity index is 159. The standard InChI is InChI=1S/C8H16O5/c1-4(9)6-5(10)7(11-2)8(12-3)13-6/h4-10H,1-3H3/t4-,5+,6+,7-,8+/m0/s1. The lowest BCUT2D eigenvalue weighted by atomic mass is 10.1. The number of rotatable bonds is 3. The van der Waals surface area contributed by atoms with Crippen molar-refractivity contribution in [3.8, 4) is 0 Å². The second-order valence-corrected chi connectivity index (χ2v) is 3.14. The molecule has 0 aliphatic carbocycles. The second-order valence-electron chi connectivity index (χ2n) is 3.14. The average Bonchev–Trinajstić information content (AvgIpc) is 2.41. The minimum atomic E-state index is -0.852. The normalized spacial score (nSPS) is 42.2. The van der Waals surface area contributed by atoms with Crippen LogP contribution < -0.4 is 0 Å². The first-order valence-electron chi connectivity index (χ1n) is 4.19. The Hall–Kier alpha value is -0.200. The Morgan fingerprint density at radius 1 is 1.31 bits per heavy atom. The van der Waals surface area contributed by atoms with Gasteiger partial charge in [0.15, 0.2) is 6.29 Å². The highest BCUT2D eigenvalue weighted by molar-refractivity contribution is 4.90. The van der Waals surface area contributed by atoms with Crippen LogP contribution >= 0.6 is 0 Å². The maximum atomic E-state index is 9.63. The van der Waals surface area contributed by atoms with Crippen molar-refractivity contribution in [2.75, 3.05) is 14.2 Å². The molecule has 0 aromatic carbocycles. The van der Waals surface area contributed by atoms with Gasteiger partial charge in [-0.15, -0.1) is 0 Å². The highest BCUT2D eigenvalue weighted by atomic mass is 16.7. The Labute approximate surface area is 77.2 Å². The van der Waals surface area contributed by atoms with Crippen molar-refractivity contribution in [1.29, 1.82) is 0 Å². The van der Waals surface area contributed by atoms with E-state index in [9.17, 15) is 10.2 Å². The minimum absolute atomic E-state index is 0.537. The zero-order valence-electron chi connectivity index (χ0n) is 8.01. The molecule has 0 bridgehead atoms. The molecular weight excluding hydrogens is 176 g/mol. The van der Waals surface area contributed by atoms with Crippen LogP contribution in [0.2, 0.25) is 0 Å². The molecule has 0 radical (unpaired) electrons. The fraction of sp³-hybridized carbons (Fsp3) is 1.00. The SMILES string of the molecule is CO[C@@H]1O[C@H]([C@H](C)O)[C@@H](O)[C@@H]1OC. The van der Waals surface area contributed by atoms with E-state index < -0.39 is 30.7 Å². The third-order valence-electron chi connectivity index (χ3n) is 2.21. The molecular formula is C8H16O5. The molecule has 0 aromatic heterocycles. The molecule has 1 aliphatic rings. The van der Waals surface area contributed by atoms with Crippen LogP contribution in [0.3, 0.4) is 0 Å². The predicted octanol–water partition coefficient (Wildman–Crippen LogP) is -0.886. The Morgan fingerprint density at radius 3 is 2.23 bits per heavy atom. The molecule has 78 valence electrons. The molecule has 1 aliphatic heterocycles. The van der Waals surface area contributed by atoms with Crippen molar-refractivity contribution in [1.82, 2.24) is 0 Å². The van der Waals surface area contributed by atoms with Crippen LogP contribution in [0, 0.1) is 0 Å². The quantitative estimate of drug-likeness (QED) is 0.607. The van der Waals surface area contributed by atoms with Gasteiger partial charge in [-0.25, -0.2) is 0 Å². The number of ether oxygens (including phenoxy) is 3. The van der Waals surface area contributed by atoms with Crippen LogP contribution in [0.1, 0.15) is 6.92 Å². The van der Waals surface area contributed by atoms with Crippen molar-refractivity contribution in [2.24, 2.45) is 0 Å². The van der Waals surface area contributed by atoms with Crippen molar-refractivity contribution in [3.63, 3.8) is 0 Å². The summed E-state index contributed by atoms with van der Waals surface area (Å²) in [5.74, 6) is 0. The van der Waals surface area contributed by atoms with Gasteiger partial charge in [0.2, 0.25) is 0 Å². The zero-order valence-corrected chi connectivity index (χ0v) is 8.01. The lowest BCUT2D eigenvalue weighted by Crippen LogP contribution is -2.38. The Balaban J connectivity index is 2.65. The predicted molar refractivity (Wildman–Crippen MR) is 44.2 cm³/mol. The van der Waals surface area contributed by atoms with Gasteiger partial charge in [0, 0.05) is 14.2 Å². The number of aliphatic hydroxyl groups excluding tert-OH is 2. The van der Waals surface area contributed by atoms with Gasteiger partial charge in [-0.05, 0) is 6.92 Å². The van der Waals surface area contributed by atoms with E-state index >= 15 is 0 Å². The van der Waals surface area contributed by atoms with E-state index in [0.717, 1.165) is 0 Å². The second kappa shape index (κ2) is 4.34. The topological polar surface area (TPSA) is 68.2 Å². The van der Waals surface area contributed by atoms with Crippen LogP contribution in [0.5, 0.6) is 0 Å². The van der Waals surface area contributed by atoms with Gasteiger partial charge < -0.3 is 24.4 Å². The first-order valence-corrected chi connectivity index (χ1v) is 4.19. The smallest absolute Gasteiger partial charge is 0.186 e. The molecule has 1 heterocycles. The first kappa shape index (κ1) is 10.9. The summed E-state index contributed by atoms with van der Waals surface area (Å²) in [6, 6.07) is 0. The molecule has 1 saturated heterocycles. The number of hydrogen-bond acceptors (Lipinski definition) is 5. The molecule has 2 N–H and O–H groups in total. The van der Waals surface area contributed by atoms with E-state index in [1.807, 2.05) is 0 Å². The molecule has 0 spiro atoms. The number of methoxy groups -OCH3 is 2. The van der Waals surface area contributed by atoms with Crippen LogP contribution in [0.4, 0.5) is 0 Å². The largest absolute Gasteiger partial charge is 0.391 e. The van der Waals surface area contributed by atoms with Gasteiger partial charge in [-0.2, -0.15) is 0 Å². The third-order valence-corrected chi connectivity index (χ3v) is 2.21. The van der Waals surface area contributed by atoms with Gasteiger partial charge in [0.05, 0.1) is 6.10 Å². The summed E-state index contributed by atoms with van der Waals surface area (Å²) in [5, 5.41) is 18.9. The highest BCUT2D eigenvalue weighted by Gasteiger charge is 2.46. The monoisotopic (exact) mass is 192 g/mol. The minimum Gasteiger partial charge on any atom is -0.391 e. The molecule has 0 amide bonds. The molecule has 1 rings (SSSR count). The highest BCUT2D eigenvalue weighted by Crippen LogP contribution is 2.25. The Kier molecular flexibility index (Phi) is 3.63. The number of hydrogen-bond donors (Lipinski definition) is 2. The summed E-state index contributed by atoms with van der Waals surface area (Å²) in [7, 11) is 2.93. The molecule has 13 heavy (non-hydrogen) atoms. The maximum absolute atomic E-state index is 9.63. The van der Waals surface area contributed by atoms with Gasteiger partial charge in [0.1, 0.15) is 18.3 Å². The summed E-state index contributed by atoms with van der Waals surface area (Å²) < 4.78 is 15.2. The van der Waals surface area contributed by atoms with Crippen LogP contribution in [-0.4, -0.2) is 55.1 Å². The Morgan fingerprint density at radius 2 is 1.92 bits per heavy atom. The van der Waals surface area contributed by atoms with Crippen molar-refractivity contribution in [3.05, 3.63) is 0 Å². The van der Waals surface area contributed by atoms with E-state index in [1.165, 1.54) is 14.2 Å². The van der Waals surface area contributed by atoms with Crippen LogP contribution in [-0.2, 0) is 14.2 Å². The third kappa shape index (κ3) is 2.00. The zero-order chi connectivity index (χ0) is 10.0. The van der Waals surface area contributed by atoms with Crippen molar-refractivity contribution in [2.45, 2.75) is 37.6 Å². The summed E-state index contributed by atoms with van der Waals surface area (Å²) in [4.78, 5) is 0. The summed E-state index contributed by atoms with van der Waals surface area (Å²) in [5.41, 5.74) is 0. The van der Waals surface area contributed by atoms with E-state index in [2.05, 4.69) is 0 Å². The molecule has 1 fully saturated rings. The lowest BCUT2D eigenvalue weighted by Gasteiger charge is -2.17. The van der Waals surface area contributed by atoms with Crippen molar-refractivity contribution < 1.29 is 24.4 Å². The van der Waals surface area contributed by atoms with Crippen molar-refractivity contribution >= 4 is 0 Å². The van der Waals surface area contributed by atoms with Gasteiger partial charge in [-0.3, -0.25) is 0 Å². The molecule has 5 atom stereocenters. The summed E-state index contributed by atoms with van der Waals surface area (Å²) in [6.45, 7) is 1.55. The average molecular weight is 192 g/mol. The first-order chi connectivity index (χ1) is 6.11. The molecule has 0 saturated carbocycles. The fourth-order valence-corrected chi connectivity index (χ4v) is 1.50. The summed E-state index contributed by atoms with van der Waals surface area (Å²) >= 11 is 0. The van der Waals surface area contributed by atoms with Gasteiger partial charge in [-0.1, -0.05) is 0 Å².